The van der Waals surface area contributed by atoms with E-state index in [4.69, 9.17) is 32.3 Å². The highest BCUT2D eigenvalue weighted by atomic mass is 31.2. The standard InChI is InChI=1S/C85H146O16P2/c1-4-7-10-13-16-19-22-24-26-28-30-32-34-36-37-38-39-40-41-43-45-46-48-50-52-54-57-59-62-65-68-71-83(88)95-74-80(86)75-97-102(91,92)98-76-81(87)77-99-103(93,94)100-79-82(101-85(90)73-70-67-64-61-56-21-18-15-12-9-6-3)78-96-84(89)72-69-66-63-60-58-55-53-51-49-47-44-42-35-33-31-29-27-25-23-20-17-14-11-8-5-2/h8,11,15-20,24-27,30-33,36-37,42,44,49,51,80-82,86-87H,4-7,9-10,12-14,21-23,28-29,34-35,38-41,43,45-48,50,52-79H2,1-3H3,(H,91,92)(H,93,94)/b11-8-,18-15-,19-16-,20-17-,26-24-,27-25-,32-30-,33-31-,37-36-,44-42-,51-49-. The fraction of sp³-hybridized carbons (Fsp3) is 0.706. The van der Waals surface area contributed by atoms with Crippen molar-refractivity contribution in [2.75, 3.05) is 39.6 Å². The quantitative estimate of drug-likeness (QED) is 0.0146. The molecule has 0 saturated heterocycles. The van der Waals surface area contributed by atoms with Crippen LogP contribution in [0, 0.1) is 0 Å². The van der Waals surface area contributed by atoms with Crippen molar-refractivity contribution in [3.63, 3.8) is 0 Å². The van der Waals surface area contributed by atoms with Gasteiger partial charge in [0.1, 0.15) is 25.4 Å². The molecule has 103 heavy (non-hydrogen) atoms. The molecule has 0 bridgehead atoms. The second-order valence-electron chi connectivity index (χ2n) is 26.8. The molecule has 0 aliphatic heterocycles. The van der Waals surface area contributed by atoms with Crippen LogP contribution in [0.5, 0.6) is 0 Å². The van der Waals surface area contributed by atoms with Gasteiger partial charge in [0.25, 0.3) is 0 Å². The van der Waals surface area contributed by atoms with Gasteiger partial charge in [0.15, 0.2) is 6.10 Å². The highest BCUT2D eigenvalue weighted by molar-refractivity contribution is 7.47. The highest BCUT2D eigenvalue weighted by Crippen LogP contribution is 2.45. The van der Waals surface area contributed by atoms with Gasteiger partial charge < -0.3 is 34.2 Å². The molecule has 4 N–H and O–H groups in total. The maximum Gasteiger partial charge on any atom is 0.472 e. The fourth-order valence-corrected chi connectivity index (χ4v) is 12.2. The van der Waals surface area contributed by atoms with E-state index in [1.165, 1.54) is 116 Å². The molecular weight excluding hydrogens is 1340 g/mol. The molecule has 16 nitrogen and oxygen atoms in total. The Balaban J connectivity index is 4.43. The molecule has 0 radical (unpaired) electrons. The Morgan fingerprint density at radius 3 is 0.854 bits per heavy atom. The van der Waals surface area contributed by atoms with E-state index < -0.39 is 91.5 Å². The lowest BCUT2D eigenvalue weighted by Crippen LogP contribution is -2.30. The Morgan fingerprint density at radius 1 is 0.282 bits per heavy atom. The highest BCUT2D eigenvalue weighted by Gasteiger charge is 2.29. The molecule has 0 aliphatic rings. The Morgan fingerprint density at radius 2 is 0.524 bits per heavy atom. The normalized spacial score (nSPS) is 14.7. The van der Waals surface area contributed by atoms with Gasteiger partial charge in [-0.05, 0) is 135 Å². The SMILES string of the molecule is CC/C=C\C/C=C\C/C=C\C/C=C\C/C=C\C/C=C\CCCCCCCCC(=O)OCC(COP(=O)(O)OCC(O)COP(=O)(O)OCC(O)COC(=O)CCCCCCCCCCCCCCCCC/C=C\C/C=C\C/C=C\C/C=C\CCCCC)OC(=O)CCCCCCC/C=C\CCCC. The number of ether oxygens (including phenoxy) is 3. The summed E-state index contributed by atoms with van der Waals surface area (Å²) < 4.78 is 61.1. The third kappa shape index (κ3) is 78.6. The molecule has 592 valence electrons. The molecular formula is C85H146O16P2. The predicted molar refractivity (Wildman–Crippen MR) is 426 cm³/mol. The summed E-state index contributed by atoms with van der Waals surface area (Å²) >= 11 is 0. The van der Waals surface area contributed by atoms with E-state index in [2.05, 4.69) is 154 Å². The lowest BCUT2D eigenvalue weighted by molar-refractivity contribution is -0.161. The number of phosphoric acid groups is 2. The molecule has 0 fully saturated rings. The molecule has 0 heterocycles. The summed E-state index contributed by atoms with van der Waals surface area (Å²) in [5.41, 5.74) is 0. The average molecular weight is 1490 g/mol. The van der Waals surface area contributed by atoms with Crippen LogP contribution in [0.15, 0.2) is 134 Å². The summed E-state index contributed by atoms with van der Waals surface area (Å²) in [5.74, 6) is -1.60. The van der Waals surface area contributed by atoms with Crippen LogP contribution in [0.25, 0.3) is 0 Å². The van der Waals surface area contributed by atoms with Crippen LogP contribution in [0.3, 0.4) is 0 Å². The molecule has 18 heteroatoms. The van der Waals surface area contributed by atoms with Crippen molar-refractivity contribution >= 4 is 33.6 Å². The minimum Gasteiger partial charge on any atom is -0.463 e. The van der Waals surface area contributed by atoms with Crippen molar-refractivity contribution in [3.8, 4) is 0 Å². The first-order valence-electron chi connectivity index (χ1n) is 40.5. The molecule has 0 amide bonds. The Hall–Kier alpha value is -4.31. The zero-order valence-electron chi connectivity index (χ0n) is 64.7. The van der Waals surface area contributed by atoms with Crippen LogP contribution in [-0.4, -0.2) is 95.9 Å². The number of aliphatic hydroxyl groups is 2. The second-order valence-corrected chi connectivity index (χ2v) is 29.7. The van der Waals surface area contributed by atoms with E-state index in [1.54, 1.807) is 0 Å². The van der Waals surface area contributed by atoms with Crippen LogP contribution in [0.2, 0.25) is 0 Å². The number of phosphoric ester groups is 2. The van der Waals surface area contributed by atoms with Crippen LogP contribution < -0.4 is 0 Å². The van der Waals surface area contributed by atoms with E-state index >= 15 is 0 Å². The van der Waals surface area contributed by atoms with Gasteiger partial charge in [-0.3, -0.25) is 32.5 Å². The minimum atomic E-state index is -4.93. The molecule has 0 aromatic rings. The number of rotatable bonds is 76. The Kier molecular flexibility index (Phi) is 74.1. The number of esters is 3. The summed E-state index contributed by atoms with van der Waals surface area (Å²) in [7, 11) is -9.79. The Bertz CT molecular complexity index is 2410. The van der Waals surface area contributed by atoms with Gasteiger partial charge in [-0.15, -0.1) is 0 Å². The summed E-state index contributed by atoms with van der Waals surface area (Å²) in [6.07, 6.45) is 93.8. The summed E-state index contributed by atoms with van der Waals surface area (Å²) in [6, 6.07) is 0. The second kappa shape index (κ2) is 77.3. The summed E-state index contributed by atoms with van der Waals surface area (Å²) in [6.45, 7) is 2.48. The molecule has 0 aromatic carbocycles. The predicted octanol–water partition coefficient (Wildman–Crippen LogP) is 23.9. The first-order valence-corrected chi connectivity index (χ1v) is 43.5. The molecule has 0 rings (SSSR count). The number of aliphatic hydroxyl groups excluding tert-OH is 2. The van der Waals surface area contributed by atoms with Crippen molar-refractivity contribution in [3.05, 3.63) is 134 Å². The summed E-state index contributed by atoms with van der Waals surface area (Å²) in [4.78, 5) is 58.6. The van der Waals surface area contributed by atoms with Gasteiger partial charge in [-0.1, -0.05) is 309 Å². The number of hydrogen-bond donors (Lipinski definition) is 4. The molecule has 0 spiro atoms. The monoisotopic (exact) mass is 1490 g/mol. The van der Waals surface area contributed by atoms with Gasteiger partial charge in [-0.25, -0.2) is 9.13 Å². The minimum absolute atomic E-state index is 0.0879. The molecule has 0 saturated carbocycles. The average Bonchev–Trinajstić information content (AvgIpc) is 0.912. The number of hydrogen-bond acceptors (Lipinski definition) is 14. The van der Waals surface area contributed by atoms with E-state index in [9.17, 15) is 43.5 Å². The van der Waals surface area contributed by atoms with Gasteiger partial charge in [-0.2, -0.15) is 0 Å². The molecule has 5 unspecified atom stereocenters. The number of carbonyl (C=O) groups is 3. The smallest absolute Gasteiger partial charge is 0.463 e. The number of allylic oxidation sites excluding steroid dienone is 22. The van der Waals surface area contributed by atoms with Crippen molar-refractivity contribution in [1.29, 1.82) is 0 Å². The maximum atomic E-state index is 12.9. The Labute approximate surface area is 626 Å². The topological polar surface area (TPSA) is 231 Å². The molecule has 5 atom stereocenters. The van der Waals surface area contributed by atoms with Crippen molar-refractivity contribution in [1.82, 2.24) is 0 Å². The number of unbranched alkanes of at least 4 members (excludes halogenated alkanes) is 31. The van der Waals surface area contributed by atoms with Gasteiger partial charge >= 0.3 is 33.6 Å². The molecule has 0 aliphatic carbocycles. The fourth-order valence-electron chi connectivity index (χ4n) is 10.7. The first kappa shape index (κ1) is 98.7. The third-order valence-corrected chi connectivity index (χ3v) is 18.7. The van der Waals surface area contributed by atoms with Gasteiger partial charge in [0.2, 0.25) is 0 Å². The lowest BCUT2D eigenvalue weighted by Gasteiger charge is -2.21. The van der Waals surface area contributed by atoms with Crippen LogP contribution in [0.4, 0.5) is 0 Å². The lowest BCUT2D eigenvalue weighted by atomic mass is 10.0. The van der Waals surface area contributed by atoms with E-state index in [0.29, 0.717) is 19.3 Å². The van der Waals surface area contributed by atoms with Crippen molar-refractivity contribution in [2.45, 2.75) is 347 Å². The first-order chi connectivity index (χ1) is 50.2. The molecule has 0 aromatic heterocycles. The number of carbonyl (C=O) groups excluding carboxylic acids is 3. The zero-order valence-corrected chi connectivity index (χ0v) is 66.5. The van der Waals surface area contributed by atoms with Crippen LogP contribution in [0.1, 0.15) is 329 Å². The van der Waals surface area contributed by atoms with Gasteiger partial charge in [0, 0.05) is 19.3 Å². The van der Waals surface area contributed by atoms with Crippen LogP contribution in [-0.2, 0) is 55.8 Å². The van der Waals surface area contributed by atoms with Gasteiger partial charge in [0.05, 0.1) is 26.4 Å². The van der Waals surface area contributed by atoms with E-state index in [-0.39, 0.29) is 19.3 Å². The van der Waals surface area contributed by atoms with Crippen molar-refractivity contribution < 1.29 is 75.8 Å². The maximum absolute atomic E-state index is 12.9. The van der Waals surface area contributed by atoms with Crippen LogP contribution >= 0.6 is 15.6 Å². The van der Waals surface area contributed by atoms with E-state index in [0.717, 1.165) is 154 Å². The van der Waals surface area contributed by atoms with E-state index in [1.807, 2.05) is 0 Å². The third-order valence-electron chi connectivity index (χ3n) is 16.8. The van der Waals surface area contributed by atoms with Crippen molar-refractivity contribution in [2.24, 2.45) is 0 Å². The zero-order chi connectivity index (χ0) is 75.2. The largest absolute Gasteiger partial charge is 0.472 e. The summed E-state index contributed by atoms with van der Waals surface area (Å²) in [5, 5.41) is 20.6.